The van der Waals surface area contributed by atoms with Gasteiger partial charge in [0.15, 0.2) is 0 Å². The molecule has 3 rings (SSSR count). The molecule has 0 unspecified atom stereocenters. The molecule has 4 heteroatoms. The van der Waals surface area contributed by atoms with Crippen LogP contribution in [0.1, 0.15) is 31.9 Å². The molecule has 0 radical (unpaired) electrons. The van der Waals surface area contributed by atoms with Gasteiger partial charge in [-0.1, -0.05) is 45.0 Å². The average Bonchev–Trinajstić information content (AvgIpc) is 2.66. The molecule has 0 atom stereocenters. The Morgan fingerprint density at radius 2 is 1.67 bits per heavy atom. The molecule has 1 amide bonds. The van der Waals surface area contributed by atoms with Crippen LogP contribution in [0.4, 0.5) is 11.4 Å². The van der Waals surface area contributed by atoms with E-state index in [9.17, 15) is 4.79 Å². The van der Waals surface area contributed by atoms with Crippen LogP contribution < -0.4 is 10.2 Å². The number of carbonyl (C=O) groups is 1. The topological polar surface area (TPSA) is 35.6 Å². The minimum Gasteiger partial charge on any atom is -0.376 e. The summed E-state index contributed by atoms with van der Waals surface area (Å²) in [6.07, 6.45) is 0. The second kappa shape index (κ2) is 8.03. The van der Waals surface area contributed by atoms with Crippen LogP contribution in [-0.4, -0.2) is 43.5 Å². The summed E-state index contributed by atoms with van der Waals surface area (Å²) in [7, 11) is 0. The third-order valence-electron chi connectivity index (χ3n) is 5.19. The minimum absolute atomic E-state index is 0.144. The molecule has 2 aromatic rings. The number of nitrogens with zero attached hydrogens (tertiary/aromatic N) is 2. The molecule has 1 aliphatic rings. The molecule has 0 bridgehead atoms. The molecule has 1 heterocycles. The zero-order valence-electron chi connectivity index (χ0n) is 17.0. The molecular weight excluding hydrogens is 334 g/mol. The van der Waals surface area contributed by atoms with Crippen molar-refractivity contribution in [1.29, 1.82) is 0 Å². The number of rotatable bonds is 4. The van der Waals surface area contributed by atoms with E-state index in [-0.39, 0.29) is 11.3 Å². The molecule has 0 spiro atoms. The van der Waals surface area contributed by atoms with E-state index in [1.807, 2.05) is 4.90 Å². The fourth-order valence-corrected chi connectivity index (χ4v) is 3.42. The Labute approximate surface area is 163 Å². The number of benzene rings is 2. The van der Waals surface area contributed by atoms with Gasteiger partial charge < -0.3 is 15.1 Å². The van der Waals surface area contributed by atoms with E-state index in [0.717, 1.165) is 31.9 Å². The quantitative estimate of drug-likeness (QED) is 0.888. The monoisotopic (exact) mass is 365 g/mol. The first-order chi connectivity index (χ1) is 12.8. The Morgan fingerprint density at radius 1 is 1.00 bits per heavy atom. The number of carbonyl (C=O) groups excluding carboxylic acids is 1. The van der Waals surface area contributed by atoms with Crippen LogP contribution in [0, 0.1) is 6.92 Å². The highest BCUT2D eigenvalue weighted by Crippen LogP contribution is 2.23. The van der Waals surface area contributed by atoms with Crippen molar-refractivity contribution >= 4 is 17.3 Å². The number of hydrogen-bond donors (Lipinski definition) is 1. The summed E-state index contributed by atoms with van der Waals surface area (Å²) in [6.45, 7) is 12.4. The van der Waals surface area contributed by atoms with Gasteiger partial charge in [0.1, 0.15) is 0 Å². The Bertz CT molecular complexity index is 769. The first kappa shape index (κ1) is 19.3. The zero-order chi connectivity index (χ0) is 19.4. The van der Waals surface area contributed by atoms with Crippen molar-refractivity contribution in [3.8, 4) is 0 Å². The molecule has 27 heavy (non-hydrogen) atoms. The fraction of sp³-hybridized carbons (Fsp3) is 0.435. The van der Waals surface area contributed by atoms with Crippen molar-refractivity contribution in [3.63, 3.8) is 0 Å². The minimum atomic E-state index is 0.144. The lowest BCUT2D eigenvalue weighted by Gasteiger charge is -2.36. The number of anilines is 2. The third kappa shape index (κ3) is 5.03. The van der Waals surface area contributed by atoms with E-state index < -0.39 is 0 Å². The van der Waals surface area contributed by atoms with Gasteiger partial charge in [-0.3, -0.25) is 4.79 Å². The van der Waals surface area contributed by atoms with E-state index in [2.05, 4.69) is 86.4 Å². The van der Waals surface area contributed by atoms with Crippen LogP contribution in [0.2, 0.25) is 0 Å². The number of nitrogens with one attached hydrogen (secondary N) is 1. The van der Waals surface area contributed by atoms with E-state index >= 15 is 0 Å². The first-order valence-corrected chi connectivity index (χ1v) is 9.77. The van der Waals surface area contributed by atoms with Gasteiger partial charge in [0.05, 0.1) is 6.54 Å². The molecule has 144 valence electrons. The summed E-state index contributed by atoms with van der Waals surface area (Å²) in [5.41, 5.74) is 4.96. The third-order valence-corrected chi connectivity index (χ3v) is 5.19. The maximum Gasteiger partial charge on any atom is 0.241 e. The van der Waals surface area contributed by atoms with Crippen LogP contribution >= 0.6 is 0 Å². The lowest BCUT2D eigenvalue weighted by molar-refractivity contribution is -0.129. The highest BCUT2D eigenvalue weighted by atomic mass is 16.2. The number of amides is 1. The van der Waals surface area contributed by atoms with Gasteiger partial charge >= 0.3 is 0 Å². The average molecular weight is 366 g/mol. The molecule has 0 aromatic heterocycles. The first-order valence-electron chi connectivity index (χ1n) is 9.77. The van der Waals surface area contributed by atoms with Crippen molar-refractivity contribution in [2.45, 2.75) is 33.1 Å². The van der Waals surface area contributed by atoms with Crippen LogP contribution in [0.5, 0.6) is 0 Å². The maximum absolute atomic E-state index is 12.5. The lowest BCUT2D eigenvalue weighted by Crippen LogP contribution is -2.50. The Kier molecular flexibility index (Phi) is 5.73. The summed E-state index contributed by atoms with van der Waals surface area (Å²) in [6, 6.07) is 16.9. The van der Waals surface area contributed by atoms with Crippen molar-refractivity contribution in [3.05, 3.63) is 59.7 Å². The van der Waals surface area contributed by atoms with Crippen LogP contribution in [0.25, 0.3) is 0 Å². The smallest absolute Gasteiger partial charge is 0.241 e. The van der Waals surface area contributed by atoms with Gasteiger partial charge in [-0.15, -0.1) is 0 Å². The van der Waals surface area contributed by atoms with Gasteiger partial charge in [0.2, 0.25) is 5.91 Å². The molecule has 4 nitrogen and oxygen atoms in total. The van der Waals surface area contributed by atoms with Crippen LogP contribution in [0.15, 0.2) is 48.5 Å². The lowest BCUT2D eigenvalue weighted by atomic mass is 9.87. The standard InChI is InChI=1S/C23H31N3O/c1-18-6-5-7-21(16-18)25-12-14-26(15-13-25)22(27)17-24-20-10-8-19(9-11-20)23(2,3)4/h5-11,16,24H,12-15,17H2,1-4H3. The van der Waals surface area contributed by atoms with Gasteiger partial charge in [-0.2, -0.15) is 0 Å². The fourth-order valence-electron chi connectivity index (χ4n) is 3.42. The Balaban J connectivity index is 1.48. The second-order valence-electron chi connectivity index (χ2n) is 8.39. The molecule has 1 aliphatic heterocycles. The van der Waals surface area contributed by atoms with E-state index in [0.29, 0.717) is 6.54 Å². The highest BCUT2D eigenvalue weighted by Gasteiger charge is 2.21. The normalized spacial score (nSPS) is 15.0. The SMILES string of the molecule is Cc1cccc(N2CCN(C(=O)CNc3ccc(C(C)(C)C)cc3)CC2)c1. The van der Waals surface area contributed by atoms with Crippen molar-refractivity contribution in [1.82, 2.24) is 4.90 Å². The molecule has 0 saturated carbocycles. The summed E-state index contributed by atoms with van der Waals surface area (Å²) in [4.78, 5) is 16.9. The van der Waals surface area contributed by atoms with Crippen molar-refractivity contribution < 1.29 is 4.79 Å². The molecule has 1 fully saturated rings. The second-order valence-corrected chi connectivity index (χ2v) is 8.39. The highest BCUT2D eigenvalue weighted by molar-refractivity contribution is 5.81. The summed E-state index contributed by atoms with van der Waals surface area (Å²) >= 11 is 0. The number of hydrogen-bond acceptors (Lipinski definition) is 3. The van der Waals surface area contributed by atoms with Gasteiger partial charge in [0, 0.05) is 37.6 Å². The van der Waals surface area contributed by atoms with E-state index in [1.165, 1.54) is 16.8 Å². The summed E-state index contributed by atoms with van der Waals surface area (Å²) < 4.78 is 0. The van der Waals surface area contributed by atoms with Crippen LogP contribution in [0.3, 0.4) is 0 Å². The van der Waals surface area contributed by atoms with Crippen LogP contribution in [-0.2, 0) is 10.2 Å². The number of aryl methyl sites for hydroxylation is 1. The molecular formula is C23H31N3O. The summed E-state index contributed by atoms with van der Waals surface area (Å²) in [5, 5.41) is 3.27. The van der Waals surface area contributed by atoms with Gasteiger partial charge in [0.25, 0.3) is 0 Å². The predicted octanol–water partition coefficient (Wildman–Crippen LogP) is 4.05. The zero-order valence-corrected chi connectivity index (χ0v) is 17.0. The molecule has 1 N–H and O–H groups in total. The Morgan fingerprint density at radius 3 is 2.26 bits per heavy atom. The molecule has 2 aromatic carbocycles. The molecule has 0 aliphatic carbocycles. The Hall–Kier alpha value is -2.49. The van der Waals surface area contributed by atoms with Crippen molar-refractivity contribution in [2.75, 3.05) is 42.9 Å². The number of piperazine rings is 1. The van der Waals surface area contributed by atoms with E-state index in [4.69, 9.17) is 0 Å². The summed E-state index contributed by atoms with van der Waals surface area (Å²) in [5.74, 6) is 0.166. The largest absolute Gasteiger partial charge is 0.376 e. The van der Waals surface area contributed by atoms with E-state index in [1.54, 1.807) is 0 Å². The maximum atomic E-state index is 12.5. The predicted molar refractivity (Wildman–Crippen MR) is 114 cm³/mol. The van der Waals surface area contributed by atoms with Gasteiger partial charge in [-0.05, 0) is 47.7 Å². The van der Waals surface area contributed by atoms with Gasteiger partial charge in [-0.25, -0.2) is 0 Å². The van der Waals surface area contributed by atoms with Crippen molar-refractivity contribution in [2.24, 2.45) is 0 Å². The molecule has 1 saturated heterocycles.